The minimum Gasteiger partial charge on any atom is -0.405 e. The molecule has 0 heterocycles. The Balaban J connectivity index is 3.13. The molecule has 10 heavy (non-hydrogen) atoms. The molecule has 0 aliphatic heterocycles. The maximum absolute atomic E-state index is 5.22. The van der Waals surface area contributed by atoms with Gasteiger partial charge < -0.3 is 5.73 Å². The molecule has 0 bridgehead atoms. The van der Waals surface area contributed by atoms with Gasteiger partial charge in [-0.15, -0.1) is 0 Å². The molecule has 0 amide bonds. The molecule has 0 aliphatic rings. The smallest absolute Gasteiger partial charge is 0.0342 e. The zero-order chi connectivity index (χ0) is 7.82. The van der Waals surface area contributed by atoms with Crippen molar-refractivity contribution in [2.45, 2.75) is 37.4 Å². The summed E-state index contributed by atoms with van der Waals surface area (Å²) in [5, 5.41) is 0. The molecule has 0 fully saturated rings. The quantitative estimate of drug-likeness (QED) is 0.543. The summed E-state index contributed by atoms with van der Waals surface area (Å²) in [7, 11) is 0. The maximum Gasteiger partial charge on any atom is 0.0342 e. The van der Waals surface area contributed by atoms with Crippen LogP contribution >= 0.6 is 15.9 Å². The van der Waals surface area contributed by atoms with Crippen molar-refractivity contribution in [2.24, 2.45) is 5.73 Å². The second-order valence-corrected chi connectivity index (χ2v) is 3.57. The Kier molecular flexibility index (Phi) is 7.15. The number of allylic oxidation sites excluding steroid dienone is 1. The third kappa shape index (κ3) is 6.14. The van der Waals surface area contributed by atoms with E-state index in [2.05, 4.69) is 22.9 Å². The lowest BCUT2D eigenvalue weighted by molar-refractivity contribution is 0.683. The Labute approximate surface area is 71.8 Å². The molecule has 0 spiro atoms. The van der Waals surface area contributed by atoms with Gasteiger partial charge in [-0.3, -0.25) is 0 Å². The van der Waals surface area contributed by atoms with Crippen molar-refractivity contribution < 1.29 is 0 Å². The van der Waals surface area contributed by atoms with Crippen molar-refractivity contribution in [1.29, 1.82) is 0 Å². The third-order valence-electron chi connectivity index (χ3n) is 1.40. The first-order chi connectivity index (χ1) is 4.81. The third-order valence-corrected chi connectivity index (χ3v) is 2.17. The number of nitrogens with two attached hydrogens (primary N) is 1. The number of alkyl halides is 1. The number of hydrogen-bond donors (Lipinski definition) is 1. The fraction of sp³-hybridized carbons (Fsp3) is 0.750. The lowest BCUT2D eigenvalue weighted by atomic mass is 10.1. The Hall–Kier alpha value is 0.0200. The maximum atomic E-state index is 5.22. The van der Waals surface area contributed by atoms with Crippen LogP contribution in [0.4, 0.5) is 0 Å². The number of halogens is 1. The molecule has 2 heteroatoms. The molecule has 0 saturated heterocycles. The molecule has 0 aromatic carbocycles. The van der Waals surface area contributed by atoms with Crippen LogP contribution in [0.15, 0.2) is 12.3 Å². The molecule has 1 atom stereocenters. The van der Waals surface area contributed by atoms with Gasteiger partial charge in [-0.1, -0.05) is 48.2 Å². The van der Waals surface area contributed by atoms with E-state index in [9.17, 15) is 0 Å². The molecule has 0 saturated carbocycles. The topological polar surface area (TPSA) is 26.0 Å². The summed E-state index contributed by atoms with van der Waals surface area (Å²) in [4.78, 5) is 0.476. The molecule has 0 aromatic heterocycles. The standard InChI is InChI=1S/C8H16BrN/c1-2-3-4-5-8(9)6-7-10/h6-8H,2-5,10H2,1H3. The van der Waals surface area contributed by atoms with Crippen LogP contribution in [0.5, 0.6) is 0 Å². The normalized spacial score (nSPS) is 14.2. The number of unbranched alkanes of at least 4 members (excludes halogenated alkanes) is 2. The van der Waals surface area contributed by atoms with E-state index in [1.54, 1.807) is 6.20 Å². The average Bonchev–Trinajstić information content (AvgIpc) is 1.89. The van der Waals surface area contributed by atoms with E-state index < -0.39 is 0 Å². The van der Waals surface area contributed by atoms with E-state index in [0.717, 1.165) is 0 Å². The van der Waals surface area contributed by atoms with Gasteiger partial charge in [-0.05, 0) is 12.6 Å². The van der Waals surface area contributed by atoms with Gasteiger partial charge in [0.1, 0.15) is 0 Å². The molecule has 0 aliphatic carbocycles. The average molecular weight is 206 g/mol. The van der Waals surface area contributed by atoms with Crippen LogP contribution in [0.2, 0.25) is 0 Å². The minimum absolute atomic E-state index is 0.476. The summed E-state index contributed by atoms with van der Waals surface area (Å²) in [5.74, 6) is 0. The van der Waals surface area contributed by atoms with Gasteiger partial charge in [0.2, 0.25) is 0 Å². The van der Waals surface area contributed by atoms with Crippen LogP contribution in [-0.4, -0.2) is 4.83 Å². The summed E-state index contributed by atoms with van der Waals surface area (Å²) in [6.45, 7) is 2.21. The first-order valence-corrected chi connectivity index (χ1v) is 4.75. The van der Waals surface area contributed by atoms with Gasteiger partial charge in [0.15, 0.2) is 0 Å². The monoisotopic (exact) mass is 205 g/mol. The summed E-state index contributed by atoms with van der Waals surface area (Å²) in [6, 6.07) is 0. The molecular formula is C8H16BrN. The van der Waals surface area contributed by atoms with Crippen LogP contribution < -0.4 is 5.73 Å². The zero-order valence-corrected chi connectivity index (χ0v) is 8.10. The van der Waals surface area contributed by atoms with E-state index in [1.807, 2.05) is 6.08 Å². The predicted molar refractivity (Wildman–Crippen MR) is 50.2 cm³/mol. The number of hydrogen-bond acceptors (Lipinski definition) is 1. The van der Waals surface area contributed by atoms with Crippen molar-refractivity contribution in [3.8, 4) is 0 Å². The largest absolute Gasteiger partial charge is 0.405 e. The molecule has 0 rings (SSSR count). The molecule has 60 valence electrons. The first kappa shape index (κ1) is 10.0. The van der Waals surface area contributed by atoms with E-state index in [4.69, 9.17) is 5.73 Å². The van der Waals surface area contributed by atoms with Crippen molar-refractivity contribution in [3.63, 3.8) is 0 Å². The second-order valence-electron chi connectivity index (χ2n) is 2.40. The van der Waals surface area contributed by atoms with Gasteiger partial charge in [-0.2, -0.15) is 0 Å². The van der Waals surface area contributed by atoms with Crippen LogP contribution in [-0.2, 0) is 0 Å². The molecule has 0 radical (unpaired) electrons. The molecule has 1 unspecified atom stereocenters. The van der Waals surface area contributed by atoms with E-state index in [-0.39, 0.29) is 0 Å². The summed E-state index contributed by atoms with van der Waals surface area (Å²) in [5.41, 5.74) is 5.22. The molecule has 1 nitrogen and oxygen atoms in total. The summed E-state index contributed by atoms with van der Waals surface area (Å²) >= 11 is 3.50. The fourth-order valence-electron chi connectivity index (χ4n) is 0.806. The van der Waals surface area contributed by atoms with E-state index >= 15 is 0 Å². The van der Waals surface area contributed by atoms with Gasteiger partial charge in [0, 0.05) is 4.83 Å². The van der Waals surface area contributed by atoms with Crippen molar-refractivity contribution in [1.82, 2.24) is 0 Å². The van der Waals surface area contributed by atoms with Gasteiger partial charge >= 0.3 is 0 Å². The van der Waals surface area contributed by atoms with Gasteiger partial charge in [0.05, 0.1) is 0 Å². The molecular weight excluding hydrogens is 190 g/mol. The van der Waals surface area contributed by atoms with Gasteiger partial charge in [0.25, 0.3) is 0 Å². The first-order valence-electron chi connectivity index (χ1n) is 3.83. The lowest BCUT2D eigenvalue weighted by Crippen LogP contribution is -1.93. The van der Waals surface area contributed by atoms with Crippen molar-refractivity contribution in [3.05, 3.63) is 12.3 Å². The predicted octanol–water partition coefficient (Wildman–Crippen LogP) is 2.80. The molecule has 0 aromatic rings. The summed E-state index contributed by atoms with van der Waals surface area (Å²) < 4.78 is 0. The van der Waals surface area contributed by atoms with E-state index in [0.29, 0.717) is 4.83 Å². The van der Waals surface area contributed by atoms with Crippen LogP contribution in [0.25, 0.3) is 0 Å². The highest BCUT2D eigenvalue weighted by Gasteiger charge is 1.96. The van der Waals surface area contributed by atoms with Crippen LogP contribution in [0.1, 0.15) is 32.6 Å². The zero-order valence-electron chi connectivity index (χ0n) is 6.52. The molecule has 2 N–H and O–H groups in total. The van der Waals surface area contributed by atoms with Crippen LogP contribution in [0.3, 0.4) is 0 Å². The fourth-order valence-corrected chi connectivity index (χ4v) is 1.31. The Morgan fingerprint density at radius 1 is 1.50 bits per heavy atom. The highest BCUT2D eigenvalue weighted by Crippen LogP contribution is 2.11. The van der Waals surface area contributed by atoms with Crippen molar-refractivity contribution >= 4 is 15.9 Å². The van der Waals surface area contributed by atoms with Crippen molar-refractivity contribution in [2.75, 3.05) is 0 Å². The lowest BCUT2D eigenvalue weighted by Gasteiger charge is -2.01. The summed E-state index contributed by atoms with van der Waals surface area (Å²) in [6.07, 6.45) is 8.67. The Morgan fingerprint density at radius 2 is 2.20 bits per heavy atom. The van der Waals surface area contributed by atoms with E-state index in [1.165, 1.54) is 25.7 Å². The highest BCUT2D eigenvalue weighted by molar-refractivity contribution is 9.09. The van der Waals surface area contributed by atoms with Gasteiger partial charge in [-0.25, -0.2) is 0 Å². The minimum atomic E-state index is 0.476. The number of rotatable bonds is 5. The Morgan fingerprint density at radius 3 is 2.70 bits per heavy atom. The highest BCUT2D eigenvalue weighted by atomic mass is 79.9. The van der Waals surface area contributed by atoms with Crippen LogP contribution in [0, 0.1) is 0 Å². The second kappa shape index (κ2) is 7.13. The SMILES string of the molecule is CCCCCC(Br)C=CN. The Bertz CT molecular complexity index is 91.3.